The molecule has 0 radical (unpaired) electrons. The lowest BCUT2D eigenvalue weighted by molar-refractivity contribution is 0.139. The summed E-state index contributed by atoms with van der Waals surface area (Å²) in [7, 11) is 2.32. The summed E-state index contributed by atoms with van der Waals surface area (Å²) >= 11 is 0. The Bertz CT molecular complexity index is 215. The predicted octanol–water partition coefficient (Wildman–Crippen LogP) is 2.64. The van der Waals surface area contributed by atoms with E-state index in [-0.39, 0.29) is 0 Å². The standard InChI is InChI=1S/C14H28N2/c1-5-10(2)11(3)15-12-8-13-6-7-14(9-12)16(13)4/h10-15H,5-9H2,1-4H3. The fraction of sp³-hybridized carbons (Fsp3) is 1.00. The molecule has 2 heterocycles. The van der Waals surface area contributed by atoms with E-state index in [2.05, 4.69) is 38.0 Å². The molecule has 0 aromatic rings. The Morgan fingerprint density at radius 2 is 1.75 bits per heavy atom. The van der Waals surface area contributed by atoms with Crippen LogP contribution >= 0.6 is 0 Å². The van der Waals surface area contributed by atoms with Gasteiger partial charge in [0.1, 0.15) is 0 Å². The van der Waals surface area contributed by atoms with Gasteiger partial charge in [0.15, 0.2) is 0 Å². The minimum atomic E-state index is 0.679. The minimum Gasteiger partial charge on any atom is -0.311 e. The molecule has 2 saturated heterocycles. The molecule has 2 aliphatic heterocycles. The van der Waals surface area contributed by atoms with Crippen molar-refractivity contribution in [2.75, 3.05) is 7.05 Å². The molecule has 16 heavy (non-hydrogen) atoms. The molecule has 0 saturated carbocycles. The molecule has 4 atom stereocenters. The second kappa shape index (κ2) is 5.05. The van der Waals surface area contributed by atoms with Crippen molar-refractivity contribution in [3.8, 4) is 0 Å². The molecular weight excluding hydrogens is 196 g/mol. The third-order valence-corrected chi connectivity index (χ3v) is 5.09. The minimum absolute atomic E-state index is 0.679. The van der Waals surface area contributed by atoms with Crippen molar-refractivity contribution in [3.63, 3.8) is 0 Å². The van der Waals surface area contributed by atoms with E-state index in [1.807, 2.05) is 0 Å². The van der Waals surface area contributed by atoms with E-state index in [1.165, 1.54) is 32.1 Å². The number of nitrogens with zero attached hydrogens (tertiary/aromatic N) is 1. The quantitative estimate of drug-likeness (QED) is 0.790. The largest absolute Gasteiger partial charge is 0.311 e. The molecule has 0 aromatic heterocycles. The summed E-state index contributed by atoms with van der Waals surface area (Å²) in [5.74, 6) is 0.803. The molecule has 2 aliphatic rings. The maximum atomic E-state index is 3.86. The normalized spacial score (nSPS) is 38.6. The SMILES string of the molecule is CCC(C)C(C)NC1CC2CCC(C1)N2C. The highest BCUT2D eigenvalue weighted by Gasteiger charge is 2.38. The maximum Gasteiger partial charge on any atom is 0.0111 e. The molecule has 1 N–H and O–H groups in total. The lowest BCUT2D eigenvalue weighted by atomic mass is 9.94. The van der Waals surface area contributed by atoms with Crippen molar-refractivity contribution in [2.45, 2.75) is 77.0 Å². The van der Waals surface area contributed by atoms with Crippen LogP contribution in [0, 0.1) is 5.92 Å². The number of hydrogen-bond acceptors (Lipinski definition) is 2. The van der Waals surface area contributed by atoms with Crippen molar-refractivity contribution in [1.29, 1.82) is 0 Å². The zero-order valence-corrected chi connectivity index (χ0v) is 11.4. The average molecular weight is 224 g/mol. The molecular formula is C14H28N2. The Hall–Kier alpha value is -0.0800. The van der Waals surface area contributed by atoms with Gasteiger partial charge in [0.25, 0.3) is 0 Å². The lowest BCUT2D eigenvalue weighted by Gasteiger charge is -2.38. The van der Waals surface area contributed by atoms with E-state index in [0.717, 1.165) is 24.0 Å². The van der Waals surface area contributed by atoms with E-state index in [1.54, 1.807) is 0 Å². The third-order valence-electron chi connectivity index (χ3n) is 5.09. The van der Waals surface area contributed by atoms with Crippen molar-refractivity contribution in [2.24, 2.45) is 5.92 Å². The molecule has 94 valence electrons. The Morgan fingerprint density at radius 3 is 2.25 bits per heavy atom. The molecule has 0 aromatic carbocycles. The first-order chi connectivity index (χ1) is 7.61. The molecule has 0 amide bonds. The van der Waals surface area contributed by atoms with Gasteiger partial charge in [0, 0.05) is 24.2 Å². The average Bonchev–Trinajstić information content (AvgIpc) is 2.52. The Kier molecular flexibility index (Phi) is 3.91. The highest BCUT2D eigenvalue weighted by atomic mass is 15.2. The van der Waals surface area contributed by atoms with Crippen molar-refractivity contribution < 1.29 is 0 Å². The third kappa shape index (κ3) is 2.43. The fourth-order valence-corrected chi connectivity index (χ4v) is 3.44. The van der Waals surface area contributed by atoms with Crippen molar-refractivity contribution in [3.05, 3.63) is 0 Å². The van der Waals surface area contributed by atoms with E-state index in [4.69, 9.17) is 0 Å². The van der Waals surface area contributed by atoms with E-state index in [0.29, 0.717) is 6.04 Å². The first-order valence-electron chi connectivity index (χ1n) is 7.09. The molecule has 2 nitrogen and oxygen atoms in total. The van der Waals surface area contributed by atoms with Gasteiger partial charge in [-0.15, -0.1) is 0 Å². The highest BCUT2D eigenvalue weighted by Crippen LogP contribution is 2.34. The van der Waals surface area contributed by atoms with E-state index in [9.17, 15) is 0 Å². The van der Waals surface area contributed by atoms with Crippen LogP contribution in [0.5, 0.6) is 0 Å². The van der Waals surface area contributed by atoms with Gasteiger partial charge in [-0.1, -0.05) is 20.3 Å². The van der Waals surface area contributed by atoms with Gasteiger partial charge < -0.3 is 10.2 Å². The second-order valence-corrected chi connectivity index (χ2v) is 6.06. The van der Waals surface area contributed by atoms with Crippen molar-refractivity contribution >= 4 is 0 Å². The molecule has 2 fully saturated rings. The van der Waals surface area contributed by atoms with Gasteiger partial charge in [-0.25, -0.2) is 0 Å². The first kappa shape index (κ1) is 12.4. The maximum absolute atomic E-state index is 3.86. The summed E-state index contributed by atoms with van der Waals surface area (Å²) in [5, 5.41) is 3.86. The van der Waals surface area contributed by atoms with E-state index >= 15 is 0 Å². The van der Waals surface area contributed by atoms with Gasteiger partial charge in [0.05, 0.1) is 0 Å². The first-order valence-corrected chi connectivity index (χ1v) is 7.09. The summed E-state index contributed by atoms with van der Waals surface area (Å²) in [6, 6.07) is 3.18. The molecule has 0 spiro atoms. The van der Waals surface area contributed by atoms with Gasteiger partial charge in [-0.3, -0.25) is 0 Å². The smallest absolute Gasteiger partial charge is 0.0111 e. The van der Waals surface area contributed by atoms with Crippen LogP contribution < -0.4 is 5.32 Å². The summed E-state index contributed by atoms with van der Waals surface area (Å²) in [6.07, 6.45) is 6.88. The summed E-state index contributed by atoms with van der Waals surface area (Å²) in [5.41, 5.74) is 0. The van der Waals surface area contributed by atoms with E-state index < -0.39 is 0 Å². The monoisotopic (exact) mass is 224 g/mol. The topological polar surface area (TPSA) is 15.3 Å². The Morgan fingerprint density at radius 1 is 1.19 bits per heavy atom. The van der Waals surface area contributed by atoms with Gasteiger partial charge >= 0.3 is 0 Å². The van der Waals surface area contributed by atoms with Crippen LogP contribution in [0.4, 0.5) is 0 Å². The van der Waals surface area contributed by atoms with Crippen molar-refractivity contribution in [1.82, 2.24) is 10.2 Å². The van der Waals surface area contributed by atoms with Crippen LogP contribution in [0.2, 0.25) is 0 Å². The van der Waals surface area contributed by atoms with Gasteiger partial charge in [-0.05, 0) is 45.6 Å². The summed E-state index contributed by atoms with van der Waals surface area (Å²) in [4.78, 5) is 2.62. The zero-order chi connectivity index (χ0) is 11.7. The van der Waals surface area contributed by atoms with Crippen LogP contribution in [0.25, 0.3) is 0 Å². The molecule has 2 rings (SSSR count). The Balaban J connectivity index is 1.84. The number of hydrogen-bond donors (Lipinski definition) is 1. The number of fused-ring (bicyclic) bond motifs is 2. The van der Waals surface area contributed by atoms with Crippen LogP contribution in [0.1, 0.15) is 52.9 Å². The van der Waals surface area contributed by atoms with Crippen LogP contribution in [0.3, 0.4) is 0 Å². The molecule has 4 unspecified atom stereocenters. The molecule has 2 bridgehead atoms. The van der Waals surface area contributed by atoms with Crippen LogP contribution in [-0.4, -0.2) is 36.1 Å². The highest BCUT2D eigenvalue weighted by molar-refractivity contribution is 4.96. The number of rotatable bonds is 4. The second-order valence-electron chi connectivity index (χ2n) is 6.06. The molecule has 2 heteroatoms. The lowest BCUT2D eigenvalue weighted by Crippen LogP contribution is -2.50. The summed E-state index contributed by atoms with van der Waals surface area (Å²) < 4.78 is 0. The van der Waals surface area contributed by atoms with Crippen LogP contribution in [0.15, 0.2) is 0 Å². The predicted molar refractivity (Wildman–Crippen MR) is 69.6 cm³/mol. The zero-order valence-electron chi connectivity index (χ0n) is 11.4. The summed E-state index contributed by atoms with van der Waals surface area (Å²) in [6.45, 7) is 7.01. The van der Waals surface area contributed by atoms with Crippen LogP contribution in [-0.2, 0) is 0 Å². The van der Waals surface area contributed by atoms with Gasteiger partial charge in [-0.2, -0.15) is 0 Å². The molecule has 0 aliphatic carbocycles. The fourth-order valence-electron chi connectivity index (χ4n) is 3.44. The number of piperidine rings is 1. The Labute approximate surface area is 101 Å². The van der Waals surface area contributed by atoms with Gasteiger partial charge in [0.2, 0.25) is 0 Å². The number of nitrogens with one attached hydrogen (secondary N) is 1.